The van der Waals surface area contributed by atoms with Crippen molar-refractivity contribution >= 4 is 18.0 Å². The minimum Gasteiger partial charge on any atom is -0.463 e. The zero-order chi connectivity index (χ0) is 17.6. The van der Waals surface area contributed by atoms with Crippen LogP contribution in [0.2, 0.25) is 0 Å². The molecule has 0 saturated carbocycles. The minimum atomic E-state index is -0.517. The number of ether oxygens (including phenoxy) is 2. The van der Waals surface area contributed by atoms with E-state index in [4.69, 9.17) is 9.47 Å². The summed E-state index contributed by atoms with van der Waals surface area (Å²) in [6, 6.07) is -0.405. The number of nitrogens with zero attached hydrogens (tertiary/aromatic N) is 1. The van der Waals surface area contributed by atoms with Gasteiger partial charge in [0.1, 0.15) is 0 Å². The Morgan fingerprint density at radius 1 is 1.22 bits per heavy atom. The number of esters is 1. The summed E-state index contributed by atoms with van der Waals surface area (Å²) < 4.78 is 10.1. The lowest BCUT2D eigenvalue weighted by Gasteiger charge is -2.27. The molecule has 1 heterocycles. The van der Waals surface area contributed by atoms with Gasteiger partial charge in [-0.25, -0.2) is 9.59 Å². The molecule has 7 heteroatoms. The van der Waals surface area contributed by atoms with E-state index < -0.39 is 18.1 Å². The highest BCUT2D eigenvalue weighted by Gasteiger charge is 2.40. The second-order valence-corrected chi connectivity index (χ2v) is 5.77. The van der Waals surface area contributed by atoms with Crippen LogP contribution in [0.3, 0.4) is 0 Å². The van der Waals surface area contributed by atoms with E-state index in [0.29, 0.717) is 17.7 Å². The van der Waals surface area contributed by atoms with Crippen molar-refractivity contribution < 1.29 is 23.9 Å². The smallest absolute Gasteiger partial charge is 0.410 e. The molecular weight excluding hydrogens is 300 g/mol. The van der Waals surface area contributed by atoms with Crippen LogP contribution in [-0.2, 0) is 19.1 Å². The summed E-state index contributed by atoms with van der Waals surface area (Å²) in [5.74, 6) is -0.541. The van der Waals surface area contributed by atoms with Gasteiger partial charge in [-0.1, -0.05) is 13.8 Å². The molecule has 0 fully saturated rings. The van der Waals surface area contributed by atoms with Gasteiger partial charge in [-0.15, -0.1) is 0 Å². The van der Waals surface area contributed by atoms with E-state index in [1.807, 2.05) is 13.8 Å². The Bertz CT molecular complexity index is 499. The maximum Gasteiger partial charge on any atom is 0.410 e. The zero-order valence-electron chi connectivity index (χ0n) is 14.5. The first-order valence-electron chi connectivity index (χ1n) is 7.92. The van der Waals surface area contributed by atoms with E-state index in [1.54, 1.807) is 13.8 Å². The number of carbonyl (C=O) groups excluding carboxylic acids is 3. The van der Waals surface area contributed by atoms with Gasteiger partial charge in [0, 0.05) is 6.92 Å². The van der Waals surface area contributed by atoms with Crippen molar-refractivity contribution in [2.45, 2.75) is 47.1 Å². The van der Waals surface area contributed by atoms with Crippen molar-refractivity contribution in [3.63, 3.8) is 0 Å². The third-order valence-corrected chi connectivity index (χ3v) is 3.39. The maximum absolute atomic E-state index is 12.2. The number of nitrogens with one attached hydrogen (secondary N) is 1. The van der Waals surface area contributed by atoms with Crippen molar-refractivity contribution in [3.8, 4) is 0 Å². The summed E-state index contributed by atoms with van der Waals surface area (Å²) in [6.07, 6.45) is 0.109. The Balaban J connectivity index is 3.19. The van der Waals surface area contributed by atoms with E-state index in [-0.39, 0.29) is 31.6 Å². The average molecular weight is 326 g/mol. The van der Waals surface area contributed by atoms with E-state index in [2.05, 4.69) is 5.32 Å². The molecule has 1 aliphatic heterocycles. The minimum absolute atomic E-state index is 0.0741. The van der Waals surface area contributed by atoms with Gasteiger partial charge in [0.15, 0.2) is 0 Å². The zero-order valence-corrected chi connectivity index (χ0v) is 14.5. The number of carbonyl (C=O) groups is 3. The van der Waals surface area contributed by atoms with Crippen LogP contribution in [0, 0.1) is 5.92 Å². The van der Waals surface area contributed by atoms with Gasteiger partial charge >= 0.3 is 12.1 Å². The lowest BCUT2D eigenvalue weighted by molar-refractivity contribution is -0.138. The Morgan fingerprint density at radius 2 is 1.83 bits per heavy atom. The van der Waals surface area contributed by atoms with Crippen LogP contribution >= 0.6 is 0 Å². The molecule has 0 aromatic heterocycles. The molecule has 1 atom stereocenters. The van der Waals surface area contributed by atoms with Crippen LogP contribution in [0.25, 0.3) is 0 Å². The monoisotopic (exact) mass is 326 g/mol. The van der Waals surface area contributed by atoms with Gasteiger partial charge in [0.05, 0.1) is 37.1 Å². The molecule has 1 unspecified atom stereocenters. The fourth-order valence-corrected chi connectivity index (χ4v) is 2.55. The second-order valence-electron chi connectivity index (χ2n) is 5.77. The maximum atomic E-state index is 12.2. The number of hydrogen-bond donors (Lipinski definition) is 1. The largest absolute Gasteiger partial charge is 0.463 e. The second kappa shape index (κ2) is 8.55. The molecule has 0 spiro atoms. The van der Waals surface area contributed by atoms with Crippen LogP contribution in [0.1, 0.15) is 41.0 Å². The highest BCUT2D eigenvalue weighted by Crippen LogP contribution is 2.29. The average Bonchev–Trinajstić information content (AvgIpc) is 2.77. The molecule has 7 nitrogen and oxygen atoms in total. The summed E-state index contributed by atoms with van der Waals surface area (Å²) in [6.45, 7) is 9.37. The Labute approximate surface area is 137 Å². The van der Waals surface area contributed by atoms with Crippen LogP contribution in [0.4, 0.5) is 4.79 Å². The summed E-state index contributed by atoms with van der Waals surface area (Å²) in [7, 11) is 0. The molecular formula is C16H26N2O5. The fourth-order valence-electron chi connectivity index (χ4n) is 2.55. The van der Waals surface area contributed by atoms with E-state index >= 15 is 0 Å². The van der Waals surface area contributed by atoms with E-state index in [1.165, 1.54) is 11.8 Å². The van der Waals surface area contributed by atoms with Crippen molar-refractivity contribution in [3.05, 3.63) is 11.3 Å². The van der Waals surface area contributed by atoms with Crippen LogP contribution < -0.4 is 5.32 Å². The first-order valence-corrected chi connectivity index (χ1v) is 7.92. The highest BCUT2D eigenvalue weighted by molar-refractivity contribution is 5.93. The molecule has 0 aromatic carbocycles. The van der Waals surface area contributed by atoms with Crippen molar-refractivity contribution in [2.75, 3.05) is 19.8 Å². The van der Waals surface area contributed by atoms with Gasteiger partial charge in [-0.05, 0) is 26.2 Å². The Kier molecular flexibility index (Phi) is 7.06. The van der Waals surface area contributed by atoms with Crippen LogP contribution in [-0.4, -0.2) is 48.7 Å². The van der Waals surface area contributed by atoms with Gasteiger partial charge in [0.2, 0.25) is 5.91 Å². The lowest BCUT2D eigenvalue weighted by atomic mass is 10.0. The SMILES string of the molecule is CCOC(=O)C1=C(NC(C)=O)C(CC(C)C)N(C(=O)OCC)C1. The first kappa shape index (κ1) is 19.0. The molecule has 0 bridgehead atoms. The molecule has 1 aliphatic rings. The number of hydrogen-bond acceptors (Lipinski definition) is 5. The molecule has 2 amide bonds. The van der Waals surface area contributed by atoms with Crippen LogP contribution in [0.15, 0.2) is 11.3 Å². The molecule has 23 heavy (non-hydrogen) atoms. The summed E-state index contributed by atoms with van der Waals surface area (Å²) in [5, 5.41) is 2.70. The van der Waals surface area contributed by atoms with E-state index in [0.717, 1.165) is 0 Å². The molecule has 0 radical (unpaired) electrons. The molecule has 0 aliphatic carbocycles. The quantitative estimate of drug-likeness (QED) is 0.753. The molecule has 1 N–H and O–H groups in total. The fraction of sp³-hybridized carbons (Fsp3) is 0.688. The van der Waals surface area contributed by atoms with Crippen LogP contribution in [0.5, 0.6) is 0 Å². The number of amides is 2. The Hall–Kier alpha value is -2.05. The van der Waals surface area contributed by atoms with Gasteiger partial charge in [-0.2, -0.15) is 0 Å². The lowest BCUT2D eigenvalue weighted by Crippen LogP contribution is -2.41. The molecule has 1 rings (SSSR count). The van der Waals surface area contributed by atoms with Crippen molar-refractivity contribution in [2.24, 2.45) is 5.92 Å². The molecule has 130 valence electrons. The van der Waals surface area contributed by atoms with Crippen molar-refractivity contribution in [1.82, 2.24) is 10.2 Å². The Morgan fingerprint density at radius 3 is 2.30 bits per heavy atom. The summed E-state index contributed by atoms with van der Waals surface area (Å²) >= 11 is 0. The third kappa shape index (κ3) is 4.97. The normalized spacial score (nSPS) is 17.5. The number of rotatable bonds is 6. The highest BCUT2D eigenvalue weighted by atomic mass is 16.6. The predicted octanol–water partition coefficient (Wildman–Crippen LogP) is 1.83. The van der Waals surface area contributed by atoms with Gasteiger partial charge in [0.25, 0.3) is 0 Å². The van der Waals surface area contributed by atoms with Gasteiger partial charge < -0.3 is 14.8 Å². The standard InChI is InChI=1S/C16H26N2O5/c1-6-22-15(20)12-9-18(16(21)23-7-2)13(8-10(3)4)14(12)17-11(5)19/h10,13H,6-9H2,1-5H3,(H,17,19). The molecule has 0 saturated heterocycles. The van der Waals surface area contributed by atoms with E-state index in [9.17, 15) is 14.4 Å². The third-order valence-electron chi connectivity index (χ3n) is 3.39. The summed E-state index contributed by atoms with van der Waals surface area (Å²) in [5.41, 5.74) is 0.749. The topological polar surface area (TPSA) is 84.9 Å². The van der Waals surface area contributed by atoms with Crippen molar-refractivity contribution in [1.29, 1.82) is 0 Å². The predicted molar refractivity (Wildman–Crippen MR) is 84.4 cm³/mol. The van der Waals surface area contributed by atoms with Gasteiger partial charge in [-0.3, -0.25) is 9.69 Å². The first-order chi connectivity index (χ1) is 10.8. The summed E-state index contributed by atoms with van der Waals surface area (Å²) in [4.78, 5) is 37.4. The molecule has 0 aromatic rings.